The highest BCUT2D eigenvalue weighted by molar-refractivity contribution is 7.91. The number of nitrogens with two attached hydrogens (primary N) is 2. The van der Waals surface area contributed by atoms with Gasteiger partial charge in [0.25, 0.3) is 30.4 Å². The zero-order valence-corrected chi connectivity index (χ0v) is 20.2. The van der Waals surface area contributed by atoms with Crippen molar-refractivity contribution in [3.63, 3.8) is 0 Å². The third-order valence-corrected chi connectivity index (χ3v) is 7.83. The summed E-state index contributed by atoms with van der Waals surface area (Å²) in [6, 6.07) is 5.92. The van der Waals surface area contributed by atoms with Gasteiger partial charge >= 0.3 is 0 Å². The number of rotatable bonds is 5. The average Bonchev–Trinajstić information content (AvgIpc) is 2.70. The standard InChI is InChI=1S/C20H19N3O9S3/c1-10-2-5-13(20(19(10)23)35(30,31)32)18(11-3-6-14(21)16(8-11)33(24,25)26)12-4-7-15(22)17(9-12)34(27,28)29/h2-9,21H,22-23H2,1H3,(H,24,25,26)(H,27,28,29)(H,30,31,32)/b18-11-,21-14?. The third kappa shape index (κ3) is 5.19. The lowest BCUT2D eigenvalue weighted by molar-refractivity contribution is 0.481. The lowest BCUT2D eigenvalue weighted by Gasteiger charge is -2.20. The molecule has 2 aromatic rings. The van der Waals surface area contributed by atoms with Gasteiger partial charge in [0, 0.05) is 5.56 Å². The van der Waals surface area contributed by atoms with Gasteiger partial charge in [-0.25, -0.2) is 0 Å². The van der Waals surface area contributed by atoms with Gasteiger partial charge in [0.15, 0.2) is 0 Å². The van der Waals surface area contributed by atoms with Crippen LogP contribution in [-0.2, 0) is 30.4 Å². The van der Waals surface area contributed by atoms with Crippen molar-refractivity contribution in [2.24, 2.45) is 0 Å². The van der Waals surface area contributed by atoms with Crippen molar-refractivity contribution in [3.8, 4) is 0 Å². The molecule has 12 nitrogen and oxygen atoms in total. The predicted molar refractivity (Wildman–Crippen MR) is 129 cm³/mol. The van der Waals surface area contributed by atoms with E-state index in [1.54, 1.807) is 0 Å². The Morgan fingerprint density at radius 2 is 1.49 bits per heavy atom. The van der Waals surface area contributed by atoms with Crippen LogP contribution < -0.4 is 11.5 Å². The Hall–Kier alpha value is -3.34. The van der Waals surface area contributed by atoms with E-state index in [0.29, 0.717) is 0 Å². The summed E-state index contributed by atoms with van der Waals surface area (Å²) < 4.78 is 101. The van der Waals surface area contributed by atoms with E-state index in [4.69, 9.17) is 16.9 Å². The number of benzene rings is 2. The van der Waals surface area contributed by atoms with Crippen LogP contribution in [0.15, 0.2) is 68.8 Å². The van der Waals surface area contributed by atoms with Gasteiger partial charge in [-0.15, -0.1) is 0 Å². The number of nitrogen functional groups attached to an aromatic ring is 2. The molecule has 35 heavy (non-hydrogen) atoms. The lowest BCUT2D eigenvalue weighted by atomic mass is 9.89. The highest BCUT2D eigenvalue weighted by atomic mass is 32.2. The molecule has 0 radical (unpaired) electrons. The fraction of sp³-hybridized carbons (Fsp3) is 0.0500. The second-order valence-electron chi connectivity index (χ2n) is 7.44. The van der Waals surface area contributed by atoms with Crippen LogP contribution in [0, 0.1) is 12.3 Å². The monoisotopic (exact) mass is 541 g/mol. The van der Waals surface area contributed by atoms with Crippen molar-refractivity contribution < 1.29 is 38.9 Å². The number of nitrogens with one attached hydrogen (secondary N) is 1. The molecule has 186 valence electrons. The van der Waals surface area contributed by atoms with E-state index in [2.05, 4.69) is 0 Å². The summed E-state index contributed by atoms with van der Waals surface area (Å²) in [4.78, 5) is -2.30. The summed E-state index contributed by atoms with van der Waals surface area (Å²) >= 11 is 0. The van der Waals surface area contributed by atoms with Crippen LogP contribution >= 0.6 is 0 Å². The molecule has 0 saturated heterocycles. The van der Waals surface area contributed by atoms with Crippen LogP contribution in [0.25, 0.3) is 5.57 Å². The van der Waals surface area contributed by atoms with Crippen molar-refractivity contribution in [3.05, 3.63) is 75.7 Å². The van der Waals surface area contributed by atoms with E-state index in [0.717, 1.165) is 24.3 Å². The van der Waals surface area contributed by atoms with Gasteiger partial charge in [-0.2, -0.15) is 25.3 Å². The van der Waals surface area contributed by atoms with Crippen LogP contribution in [0.5, 0.6) is 0 Å². The zero-order valence-electron chi connectivity index (χ0n) is 17.8. The van der Waals surface area contributed by atoms with E-state index in [9.17, 15) is 38.9 Å². The van der Waals surface area contributed by atoms with E-state index < -0.39 is 50.8 Å². The molecular weight excluding hydrogens is 522 g/mol. The molecule has 0 atom stereocenters. The number of hydrogen-bond acceptors (Lipinski definition) is 9. The molecule has 0 amide bonds. The highest BCUT2D eigenvalue weighted by Crippen LogP contribution is 2.39. The van der Waals surface area contributed by atoms with Gasteiger partial charge in [0.1, 0.15) is 14.7 Å². The van der Waals surface area contributed by atoms with Gasteiger partial charge in [-0.05, 0) is 53.5 Å². The predicted octanol–water partition coefficient (Wildman–Crippen LogP) is 1.82. The molecule has 0 aliphatic heterocycles. The second-order valence-corrected chi connectivity index (χ2v) is 11.6. The SMILES string of the molecule is Cc1ccc(/C(=C2/C=CC(=N)C(S(=O)(=O)O)=C2)c2ccc(N)c(S(=O)(=O)O)c2)c(S(=O)(=O)O)c1N. The molecule has 0 aromatic heterocycles. The Morgan fingerprint density at radius 3 is 2.03 bits per heavy atom. The molecular formula is C20H19N3O9S3. The molecule has 1 aliphatic rings. The molecule has 0 unspecified atom stereocenters. The van der Waals surface area contributed by atoms with Crippen LogP contribution in [0.2, 0.25) is 0 Å². The topological polar surface area (TPSA) is 239 Å². The maximum Gasteiger partial charge on any atom is 0.297 e. The van der Waals surface area contributed by atoms with Crippen molar-refractivity contribution in [2.75, 3.05) is 11.5 Å². The van der Waals surface area contributed by atoms with Gasteiger partial charge < -0.3 is 11.5 Å². The van der Waals surface area contributed by atoms with Crippen molar-refractivity contribution >= 4 is 53.0 Å². The fourth-order valence-electron chi connectivity index (χ4n) is 3.45. The number of allylic oxidation sites excluding steroid dienone is 5. The summed E-state index contributed by atoms with van der Waals surface area (Å²) in [6.07, 6.45) is 3.07. The Morgan fingerprint density at radius 1 is 0.857 bits per heavy atom. The first-order chi connectivity index (χ1) is 15.9. The molecule has 1 aliphatic carbocycles. The van der Waals surface area contributed by atoms with Gasteiger partial charge in [0.05, 0.1) is 17.1 Å². The summed E-state index contributed by atoms with van der Waals surface area (Å²) in [5, 5.41) is 7.79. The molecule has 15 heteroatoms. The van der Waals surface area contributed by atoms with Gasteiger partial charge in [-0.1, -0.05) is 24.3 Å². The summed E-state index contributed by atoms with van der Waals surface area (Å²) in [5.41, 5.74) is 10.00. The zero-order chi connectivity index (χ0) is 26.5. The maximum atomic E-state index is 12.3. The van der Waals surface area contributed by atoms with E-state index >= 15 is 0 Å². The van der Waals surface area contributed by atoms with Gasteiger partial charge in [-0.3, -0.25) is 19.1 Å². The second kappa shape index (κ2) is 8.71. The number of hydrogen-bond donors (Lipinski definition) is 6. The third-order valence-electron chi connectivity index (χ3n) is 5.07. The molecule has 8 N–H and O–H groups in total. The number of aryl methyl sites for hydroxylation is 1. The molecule has 0 fully saturated rings. The van der Waals surface area contributed by atoms with Crippen molar-refractivity contribution in [1.29, 1.82) is 5.41 Å². The van der Waals surface area contributed by atoms with Crippen LogP contribution in [0.1, 0.15) is 16.7 Å². The summed E-state index contributed by atoms with van der Waals surface area (Å²) in [6.45, 7) is 1.47. The molecule has 0 spiro atoms. The molecule has 0 bridgehead atoms. The first kappa shape index (κ1) is 26.3. The Bertz CT molecular complexity index is 1700. The Kier molecular flexibility index (Phi) is 6.53. The van der Waals surface area contributed by atoms with Crippen LogP contribution in [0.4, 0.5) is 11.4 Å². The minimum absolute atomic E-state index is 0.0843. The van der Waals surface area contributed by atoms with E-state index in [1.807, 2.05) is 0 Å². The Balaban J connectivity index is 2.59. The first-order valence-corrected chi connectivity index (χ1v) is 13.7. The van der Waals surface area contributed by atoms with Crippen molar-refractivity contribution in [2.45, 2.75) is 16.7 Å². The Labute approximate surface area is 201 Å². The van der Waals surface area contributed by atoms with Crippen LogP contribution in [0.3, 0.4) is 0 Å². The minimum Gasteiger partial charge on any atom is -0.398 e. The van der Waals surface area contributed by atoms with Crippen LogP contribution in [-0.4, -0.2) is 44.6 Å². The fourth-order valence-corrected chi connectivity index (χ4v) is 5.61. The molecule has 2 aromatic carbocycles. The normalized spacial score (nSPS) is 16.2. The summed E-state index contributed by atoms with van der Waals surface area (Å²) in [7, 11) is -14.7. The summed E-state index contributed by atoms with van der Waals surface area (Å²) in [5.74, 6) is 0. The molecule has 0 saturated carbocycles. The van der Waals surface area contributed by atoms with E-state index in [1.165, 1.54) is 31.2 Å². The quantitative estimate of drug-likeness (QED) is 0.235. The molecule has 3 rings (SSSR count). The number of anilines is 2. The van der Waals surface area contributed by atoms with Gasteiger partial charge in [0.2, 0.25) is 0 Å². The maximum absolute atomic E-state index is 12.3. The molecule has 0 heterocycles. The lowest BCUT2D eigenvalue weighted by Crippen LogP contribution is -2.14. The smallest absolute Gasteiger partial charge is 0.297 e. The average molecular weight is 542 g/mol. The van der Waals surface area contributed by atoms with Crippen molar-refractivity contribution in [1.82, 2.24) is 0 Å². The minimum atomic E-state index is -4.98. The largest absolute Gasteiger partial charge is 0.398 e. The first-order valence-electron chi connectivity index (χ1n) is 9.37. The highest BCUT2D eigenvalue weighted by Gasteiger charge is 2.28. The van der Waals surface area contributed by atoms with E-state index in [-0.39, 0.29) is 39.2 Å².